The average Bonchev–Trinajstić information content (AvgIpc) is 3.09. The number of thiophene rings is 1. The van der Waals surface area contributed by atoms with Gasteiger partial charge in [0.15, 0.2) is 0 Å². The Bertz CT molecular complexity index is 634. The Labute approximate surface area is 147 Å². The van der Waals surface area contributed by atoms with Gasteiger partial charge in [0.05, 0.1) is 25.7 Å². The first-order valence-corrected chi connectivity index (χ1v) is 9.27. The molecule has 1 unspecified atom stereocenters. The largest absolute Gasteiger partial charge is 0.379 e. The third-order valence-electron chi connectivity index (χ3n) is 4.27. The molecule has 4 nitrogen and oxygen atoms in total. The number of aryl methyl sites for hydroxylation is 1. The number of nitrogens with zero attached hydrogens (tertiary/aromatic N) is 1. The van der Waals surface area contributed by atoms with E-state index in [0.717, 1.165) is 43.3 Å². The van der Waals surface area contributed by atoms with Crippen LogP contribution < -0.4 is 5.32 Å². The van der Waals surface area contributed by atoms with Crippen molar-refractivity contribution in [3.05, 3.63) is 57.8 Å². The van der Waals surface area contributed by atoms with Gasteiger partial charge in [-0.2, -0.15) is 0 Å². The van der Waals surface area contributed by atoms with Crippen LogP contribution in [0.25, 0.3) is 0 Å². The van der Waals surface area contributed by atoms with Gasteiger partial charge in [0.1, 0.15) is 0 Å². The summed E-state index contributed by atoms with van der Waals surface area (Å²) in [5.74, 6) is 0.0799. The minimum absolute atomic E-state index is 0.0103. The lowest BCUT2D eigenvalue weighted by Crippen LogP contribution is -2.43. The van der Waals surface area contributed by atoms with Crippen molar-refractivity contribution < 1.29 is 9.53 Å². The summed E-state index contributed by atoms with van der Waals surface area (Å²) < 4.78 is 5.43. The number of ether oxygens (including phenoxy) is 1. The molecule has 1 aromatic heterocycles. The molecule has 5 heteroatoms. The standard InChI is InChI=1S/C19H24N2O2S/c1-15-4-6-16(7-5-15)18(14-21-8-10-23-11-9-21)20-19(22)13-17-3-2-12-24-17/h2-7,12,18H,8-11,13-14H2,1H3,(H,20,22). The van der Waals surface area contributed by atoms with Crippen molar-refractivity contribution in [2.45, 2.75) is 19.4 Å². The predicted molar refractivity (Wildman–Crippen MR) is 97.3 cm³/mol. The molecule has 1 N–H and O–H groups in total. The zero-order chi connectivity index (χ0) is 16.8. The van der Waals surface area contributed by atoms with Crippen LogP contribution in [-0.4, -0.2) is 43.7 Å². The molecule has 0 radical (unpaired) electrons. The molecule has 1 fully saturated rings. The van der Waals surface area contributed by atoms with Crippen LogP contribution in [0.5, 0.6) is 0 Å². The second-order valence-electron chi connectivity index (χ2n) is 6.20. The van der Waals surface area contributed by atoms with E-state index in [4.69, 9.17) is 4.74 Å². The highest BCUT2D eigenvalue weighted by molar-refractivity contribution is 7.10. The van der Waals surface area contributed by atoms with E-state index in [1.165, 1.54) is 5.56 Å². The van der Waals surface area contributed by atoms with Crippen LogP contribution in [0, 0.1) is 6.92 Å². The van der Waals surface area contributed by atoms with Crippen LogP contribution in [0.2, 0.25) is 0 Å². The molecule has 2 aromatic rings. The zero-order valence-corrected chi connectivity index (χ0v) is 14.8. The molecule has 1 aliphatic rings. The minimum atomic E-state index is 0.0103. The lowest BCUT2D eigenvalue weighted by molar-refractivity contribution is -0.121. The fourth-order valence-corrected chi connectivity index (χ4v) is 3.60. The highest BCUT2D eigenvalue weighted by atomic mass is 32.1. The molecule has 1 atom stereocenters. The van der Waals surface area contributed by atoms with Crippen LogP contribution >= 0.6 is 11.3 Å². The van der Waals surface area contributed by atoms with E-state index >= 15 is 0 Å². The van der Waals surface area contributed by atoms with Crippen LogP contribution in [-0.2, 0) is 16.0 Å². The monoisotopic (exact) mass is 344 g/mol. The van der Waals surface area contributed by atoms with Crippen molar-refractivity contribution >= 4 is 17.2 Å². The van der Waals surface area contributed by atoms with Crippen molar-refractivity contribution in [1.82, 2.24) is 10.2 Å². The molecule has 2 heterocycles. The Hall–Kier alpha value is -1.69. The summed E-state index contributed by atoms with van der Waals surface area (Å²) in [6, 6.07) is 12.4. The third kappa shape index (κ3) is 4.90. The highest BCUT2D eigenvalue weighted by Gasteiger charge is 2.20. The summed E-state index contributed by atoms with van der Waals surface area (Å²) in [5, 5.41) is 5.23. The molecule has 3 rings (SSSR count). The zero-order valence-electron chi connectivity index (χ0n) is 14.0. The predicted octanol–water partition coefficient (Wildman–Crippen LogP) is 2.79. The van der Waals surface area contributed by atoms with Gasteiger partial charge in [-0.15, -0.1) is 11.3 Å². The quantitative estimate of drug-likeness (QED) is 0.876. The van der Waals surface area contributed by atoms with Crippen molar-refractivity contribution in [2.75, 3.05) is 32.8 Å². The first-order chi connectivity index (χ1) is 11.7. The number of rotatable bonds is 6. The van der Waals surface area contributed by atoms with E-state index in [2.05, 4.69) is 41.4 Å². The van der Waals surface area contributed by atoms with Crippen LogP contribution in [0.4, 0.5) is 0 Å². The Kier molecular flexibility index (Phi) is 6.01. The fraction of sp³-hybridized carbons (Fsp3) is 0.421. The molecular formula is C19H24N2O2S. The van der Waals surface area contributed by atoms with Gasteiger partial charge in [0, 0.05) is 24.5 Å². The van der Waals surface area contributed by atoms with Gasteiger partial charge in [-0.25, -0.2) is 0 Å². The van der Waals surface area contributed by atoms with E-state index < -0.39 is 0 Å². The van der Waals surface area contributed by atoms with Crippen LogP contribution in [0.15, 0.2) is 41.8 Å². The molecule has 1 aliphatic heterocycles. The van der Waals surface area contributed by atoms with Gasteiger partial charge in [-0.05, 0) is 23.9 Å². The van der Waals surface area contributed by atoms with Gasteiger partial charge in [0.25, 0.3) is 0 Å². The maximum absolute atomic E-state index is 12.5. The summed E-state index contributed by atoms with van der Waals surface area (Å²) in [7, 11) is 0. The molecule has 1 aromatic carbocycles. The Morgan fingerprint density at radius 3 is 2.67 bits per heavy atom. The number of amides is 1. The summed E-state index contributed by atoms with van der Waals surface area (Å²) in [5.41, 5.74) is 2.39. The maximum atomic E-state index is 12.5. The fourth-order valence-electron chi connectivity index (χ4n) is 2.89. The maximum Gasteiger partial charge on any atom is 0.225 e. The number of hydrogen-bond acceptors (Lipinski definition) is 4. The lowest BCUT2D eigenvalue weighted by atomic mass is 10.0. The van der Waals surface area contributed by atoms with Gasteiger partial charge in [0.2, 0.25) is 5.91 Å². The number of carbonyl (C=O) groups excluding carboxylic acids is 1. The Morgan fingerprint density at radius 1 is 1.25 bits per heavy atom. The summed E-state index contributed by atoms with van der Waals surface area (Å²) in [4.78, 5) is 15.9. The normalized spacial score (nSPS) is 16.7. The number of hydrogen-bond donors (Lipinski definition) is 1. The molecule has 1 saturated heterocycles. The average molecular weight is 344 g/mol. The molecule has 128 valence electrons. The highest BCUT2D eigenvalue weighted by Crippen LogP contribution is 2.17. The number of carbonyl (C=O) groups is 1. The smallest absolute Gasteiger partial charge is 0.225 e. The Balaban J connectivity index is 1.68. The van der Waals surface area contributed by atoms with Crippen molar-refractivity contribution in [1.29, 1.82) is 0 Å². The van der Waals surface area contributed by atoms with Crippen molar-refractivity contribution in [3.63, 3.8) is 0 Å². The van der Waals surface area contributed by atoms with Crippen LogP contribution in [0.3, 0.4) is 0 Å². The van der Waals surface area contributed by atoms with E-state index in [1.54, 1.807) is 11.3 Å². The second kappa shape index (κ2) is 8.42. The number of morpholine rings is 1. The van der Waals surface area contributed by atoms with E-state index in [-0.39, 0.29) is 11.9 Å². The first-order valence-electron chi connectivity index (χ1n) is 8.39. The van der Waals surface area contributed by atoms with Gasteiger partial charge in [-0.3, -0.25) is 9.69 Å². The lowest BCUT2D eigenvalue weighted by Gasteiger charge is -2.31. The van der Waals surface area contributed by atoms with E-state index in [0.29, 0.717) is 6.42 Å². The Morgan fingerprint density at radius 2 is 2.00 bits per heavy atom. The number of benzene rings is 1. The number of nitrogens with one attached hydrogen (secondary N) is 1. The van der Waals surface area contributed by atoms with Gasteiger partial charge < -0.3 is 10.1 Å². The molecule has 1 amide bonds. The van der Waals surface area contributed by atoms with Crippen molar-refractivity contribution in [3.8, 4) is 0 Å². The molecule has 24 heavy (non-hydrogen) atoms. The second-order valence-corrected chi connectivity index (χ2v) is 7.23. The van der Waals surface area contributed by atoms with Gasteiger partial charge >= 0.3 is 0 Å². The van der Waals surface area contributed by atoms with E-state index in [1.807, 2.05) is 17.5 Å². The van der Waals surface area contributed by atoms with Gasteiger partial charge in [-0.1, -0.05) is 35.9 Å². The molecule has 0 spiro atoms. The third-order valence-corrected chi connectivity index (χ3v) is 5.15. The molecular weight excluding hydrogens is 320 g/mol. The van der Waals surface area contributed by atoms with E-state index in [9.17, 15) is 4.79 Å². The first kappa shape index (κ1) is 17.1. The summed E-state index contributed by atoms with van der Waals surface area (Å²) in [6.45, 7) is 6.28. The molecule has 0 saturated carbocycles. The summed E-state index contributed by atoms with van der Waals surface area (Å²) in [6.07, 6.45) is 0.448. The SMILES string of the molecule is Cc1ccc(C(CN2CCOCC2)NC(=O)Cc2cccs2)cc1. The van der Waals surface area contributed by atoms with Crippen molar-refractivity contribution in [2.24, 2.45) is 0 Å². The van der Waals surface area contributed by atoms with Crippen LogP contribution in [0.1, 0.15) is 22.0 Å². The topological polar surface area (TPSA) is 41.6 Å². The molecule has 0 bridgehead atoms. The molecule has 0 aliphatic carbocycles. The minimum Gasteiger partial charge on any atom is -0.379 e. The summed E-state index contributed by atoms with van der Waals surface area (Å²) >= 11 is 1.62.